The van der Waals surface area contributed by atoms with Crippen molar-refractivity contribution in [1.82, 2.24) is 4.90 Å². The number of unbranched alkanes of at least 4 members (excludes halogenated alkanes) is 2. The third-order valence-electron chi connectivity index (χ3n) is 6.40. The van der Waals surface area contributed by atoms with Gasteiger partial charge in [-0.15, -0.1) is 0 Å². The van der Waals surface area contributed by atoms with Gasteiger partial charge in [0.15, 0.2) is 0 Å². The van der Waals surface area contributed by atoms with Gasteiger partial charge in [-0.3, -0.25) is 14.3 Å². The van der Waals surface area contributed by atoms with Crippen LogP contribution in [0.25, 0.3) is 0 Å². The highest BCUT2D eigenvalue weighted by Gasteiger charge is 2.51. The number of benzene rings is 2. The maximum Gasteiger partial charge on any atom is 0.350 e. The molecule has 1 aliphatic heterocycles. The van der Waals surface area contributed by atoms with Gasteiger partial charge in [0.1, 0.15) is 5.41 Å². The molecule has 0 saturated carbocycles. The van der Waals surface area contributed by atoms with E-state index in [2.05, 4.69) is 4.99 Å². The summed E-state index contributed by atoms with van der Waals surface area (Å²) in [7, 11) is -3.33. The molecule has 0 fully saturated rings. The van der Waals surface area contributed by atoms with Gasteiger partial charge < -0.3 is 9.05 Å². The van der Waals surface area contributed by atoms with Crippen LogP contribution in [0.2, 0.25) is 0 Å². The van der Waals surface area contributed by atoms with Gasteiger partial charge in [0.05, 0.1) is 19.4 Å². The highest BCUT2D eigenvalue weighted by atomic mass is 31.2. The van der Waals surface area contributed by atoms with Crippen LogP contribution in [0.5, 0.6) is 0 Å². The van der Waals surface area contributed by atoms with Crippen molar-refractivity contribution in [3.05, 3.63) is 71.8 Å². The van der Waals surface area contributed by atoms with Gasteiger partial charge in [-0.25, -0.2) is 9.79 Å². The molecule has 0 atom stereocenters. The molecule has 0 N–H and O–H groups in total. The Morgan fingerprint density at radius 1 is 0.833 bits per heavy atom. The quantitative estimate of drug-likeness (QED) is 0.210. The summed E-state index contributed by atoms with van der Waals surface area (Å²) in [5.74, 6) is -0.356. The molecule has 3 rings (SSSR count). The Labute approximate surface area is 214 Å². The molecule has 1 heterocycles. The van der Waals surface area contributed by atoms with Gasteiger partial charge in [-0.2, -0.15) is 0 Å². The molecule has 36 heavy (non-hydrogen) atoms. The summed E-state index contributed by atoms with van der Waals surface area (Å²) >= 11 is 0. The Hall–Kier alpha value is -2.60. The highest BCUT2D eigenvalue weighted by Crippen LogP contribution is 2.49. The second kappa shape index (κ2) is 13.1. The van der Waals surface area contributed by atoms with Crippen molar-refractivity contribution in [2.45, 2.75) is 58.3 Å². The lowest BCUT2D eigenvalue weighted by molar-refractivity contribution is -0.131. The first-order chi connectivity index (χ1) is 17.4. The summed E-state index contributed by atoms with van der Waals surface area (Å²) in [5, 5.41) is 0. The Morgan fingerprint density at radius 3 is 1.81 bits per heavy atom. The molecule has 0 spiro atoms. The van der Waals surface area contributed by atoms with Crippen LogP contribution in [0.3, 0.4) is 0 Å². The van der Waals surface area contributed by atoms with E-state index >= 15 is 0 Å². The summed E-state index contributed by atoms with van der Waals surface area (Å²) in [6, 6.07) is 18.2. The predicted molar refractivity (Wildman–Crippen MR) is 143 cm³/mol. The van der Waals surface area contributed by atoms with Crippen LogP contribution in [0, 0.1) is 0 Å². The second-order valence-corrected chi connectivity index (χ2v) is 11.2. The van der Waals surface area contributed by atoms with E-state index in [-0.39, 0.29) is 18.6 Å². The fraction of sp³-hybridized carbons (Fsp3) is 0.464. The monoisotopic (exact) mass is 512 g/mol. The van der Waals surface area contributed by atoms with Crippen LogP contribution in [0.4, 0.5) is 4.79 Å². The SMILES string of the molecule is CCCCOP(=O)(CCCN1C(=O)N=C(C)C(c2ccccc2)(c2ccccc2)C1=O)OCCCC. The van der Waals surface area contributed by atoms with Crippen LogP contribution in [0.15, 0.2) is 65.7 Å². The van der Waals surface area contributed by atoms with Gasteiger partial charge in [0, 0.05) is 12.3 Å². The van der Waals surface area contributed by atoms with Gasteiger partial charge in [-0.05, 0) is 37.3 Å². The molecule has 0 aromatic heterocycles. The molecule has 0 radical (unpaired) electrons. The fourth-order valence-electron chi connectivity index (χ4n) is 4.42. The van der Waals surface area contributed by atoms with E-state index in [0.29, 0.717) is 25.3 Å². The van der Waals surface area contributed by atoms with E-state index in [1.165, 1.54) is 4.90 Å². The minimum absolute atomic E-state index is 0.0775. The third-order valence-corrected chi connectivity index (χ3v) is 8.42. The van der Waals surface area contributed by atoms with Crippen molar-refractivity contribution >= 4 is 25.2 Å². The molecule has 8 heteroatoms. The molecule has 0 bridgehead atoms. The second-order valence-electron chi connectivity index (χ2n) is 8.98. The van der Waals surface area contributed by atoms with Crippen LogP contribution < -0.4 is 0 Å². The number of imide groups is 1. The largest absolute Gasteiger partial charge is 0.350 e. The van der Waals surface area contributed by atoms with Gasteiger partial charge in [-0.1, -0.05) is 87.4 Å². The minimum Gasteiger partial charge on any atom is -0.309 e. The standard InChI is InChI=1S/C28H37N2O5P/c1-4-6-20-34-36(33,35-21-7-5-2)22-14-19-30-26(31)28(23(3)29-27(30)32,24-15-10-8-11-16-24)25-17-12-9-13-18-25/h8-13,15-18H,4-7,14,19-22H2,1-3H3. The maximum absolute atomic E-state index is 14.1. The van der Waals surface area contributed by atoms with Crippen molar-refractivity contribution in [2.24, 2.45) is 4.99 Å². The first-order valence-electron chi connectivity index (χ1n) is 12.8. The number of aliphatic imine (C=N–C) groups is 1. The Balaban J connectivity index is 1.86. The first kappa shape index (κ1) is 28.0. The zero-order chi connectivity index (χ0) is 26.0. The van der Waals surface area contributed by atoms with Crippen molar-refractivity contribution in [3.63, 3.8) is 0 Å². The number of rotatable bonds is 14. The molecule has 2 aromatic rings. The van der Waals surface area contributed by atoms with Crippen molar-refractivity contribution in [2.75, 3.05) is 25.9 Å². The minimum atomic E-state index is -3.33. The van der Waals surface area contributed by atoms with Crippen molar-refractivity contribution < 1.29 is 23.2 Å². The summed E-state index contributed by atoms with van der Waals surface area (Å²) < 4.78 is 24.7. The molecule has 2 aromatic carbocycles. The maximum atomic E-state index is 14.1. The van der Waals surface area contributed by atoms with Crippen molar-refractivity contribution in [1.29, 1.82) is 0 Å². The summed E-state index contributed by atoms with van der Waals surface area (Å²) in [5.41, 5.74) is 0.713. The third kappa shape index (κ3) is 6.20. The summed E-state index contributed by atoms with van der Waals surface area (Å²) in [6.07, 6.45) is 3.84. The Kier molecular flexibility index (Phi) is 10.2. The average molecular weight is 513 g/mol. The lowest BCUT2D eigenvalue weighted by atomic mass is 9.69. The van der Waals surface area contributed by atoms with Gasteiger partial charge in [0.2, 0.25) is 0 Å². The molecule has 3 amide bonds. The number of urea groups is 1. The molecule has 0 aliphatic carbocycles. The fourth-order valence-corrected chi connectivity index (χ4v) is 6.10. The molecular formula is C28H37N2O5P. The van der Waals surface area contributed by atoms with Crippen LogP contribution in [0.1, 0.15) is 64.0 Å². The predicted octanol–water partition coefficient (Wildman–Crippen LogP) is 6.61. The summed E-state index contributed by atoms with van der Waals surface area (Å²) in [4.78, 5) is 32.6. The smallest absolute Gasteiger partial charge is 0.309 e. The van der Waals surface area contributed by atoms with Gasteiger partial charge >= 0.3 is 13.6 Å². The normalized spacial score (nSPS) is 15.8. The van der Waals surface area contributed by atoms with E-state index in [1.807, 2.05) is 74.5 Å². The van der Waals surface area contributed by atoms with Crippen LogP contribution in [-0.2, 0) is 23.8 Å². The summed E-state index contributed by atoms with van der Waals surface area (Å²) in [6.45, 7) is 6.59. The average Bonchev–Trinajstić information content (AvgIpc) is 2.88. The Morgan fingerprint density at radius 2 is 1.33 bits per heavy atom. The highest BCUT2D eigenvalue weighted by molar-refractivity contribution is 7.53. The Bertz CT molecular complexity index is 1030. The molecule has 0 saturated heterocycles. The molecular weight excluding hydrogens is 475 g/mol. The van der Waals surface area contributed by atoms with E-state index in [0.717, 1.165) is 36.8 Å². The van der Waals surface area contributed by atoms with E-state index in [9.17, 15) is 14.2 Å². The van der Waals surface area contributed by atoms with E-state index < -0.39 is 19.0 Å². The number of hydrogen-bond donors (Lipinski definition) is 0. The zero-order valence-electron chi connectivity index (χ0n) is 21.5. The van der Waals surface area contributed by atoms with Crippen molar-refractivity contribution in [3.8, 4) is 0 Å². The molecule has 7 nitrogen and oxygen atoms in total. The lowest BCUT2D eigenvalue weighted by Gasteiger charge is -2.40. The number of amides is 3. The number of carbonyl (C=O) groups is 2. The van der Waals surface area contributed by atoms with Crippen LogP contribution >= 0.6 is 7.60 Å². The molecule has 194 valence electrons. The lowest BCUT2D eigenvalue weighted by Crippen LogP contribution is -2.57. The first-order valence-corrected chi connectivity index (χ1v) is 14.5. The topological polar surface area (TPSA) is 85.3 Å². The molecule has 0 unspecified atom stereocenters. The number of nitrogens with zero attached hydrogens (tertiary/aromatic N) is 2. The van der Waals surface area contributed by atoms with Gasteiger partial charge in [0.25, 0.3) is 5.91 Å². The number of hydrogen-bond acceptors (Lipinski definition) is 5. The zero-order valence-corrected chi connectivity index (χ0v) is 22.4. The van der Waals surface area contributed by atoms with E-state index in [4.69, 9.17) is 9.05 Å². The van der Waals surface area contributed by atoms with E-state index in [1.54, 1.807) is 6.92 Å². The molecule has 1 aliphatic rings. The van der Waals surface area contributed by atoms with Crippen LogP contribution in [-0.4, -0.2) is 48.5 Å². The number of carbonyl (C=O) groups excluding carboxylic acids is 2.